The summed E-state index contributed by atoms with van der Waals surface area (Å²) in [6.07, 6.45) is 5.61. The molecule has 128 valence electrons. The fourth-order valence-corrected chi connectivity index (χ4v) is 2.20. The molecule has 1 aromatic carbocycles. The predicted molar refractivity (Wildman–Crippen MR) is 89.9 cm³/mol. The van der Waals surface area contributed by atoms with E-state index in [1.54, 1.807) is 18.2 Å². The number of carbonyl (C=O) groups is 1. The number of ether oxygens (including phenoxy) is 3. The first kappa shape index (κ1) is 17.6. The van der Waals surface area contributed by atoms with Crippen LogP contribution in [0.5, 0.6) is 17.2 Å². The summed E-state index contributed by atoms with van der Waals surface area (Å²) < 4.78 is 21.2. The number of methoxy groups -OCH3 is 1. The summed E-state index contributed by atoms with van der Waals surface area (Å²) >= 11 is 0. The van der Waals surface area contributed by atoms with E-state index >= 15 is 0 Å². The van der Waals surface area contributed by atoms with E-state index in [9.17, 15) is 9.59 Å². The maximum atomic E-state index is 12.2. The first-order valence-corrected chi connectivity index (χ1v) is 7.68. The number of benzene rings is 1. The second kappa shape index (κ2) is 8.19. The molecule has 6 heteroatoms. The summed E-state index contributed by atoms with van der Waals surface area (Å²) in [6.45, 7) is 3.59. The van der Waals surface area contributed by atoms with Gasteiger partial charge in [-0.3, -0.25) is 4.79 Å². The third-order valence-electron chi connectivity index (χ3n) is 3.21. The zero-order valence-electron chi connectivity index (χ0n) is 14.0. The van der Waals surface area contributed by atoms with Crippen molar-refractivity contribution in [2.45, 2.75) is 26.7 Å². The van der Waals surface area contributed by atoms with Gasteiger partial charge in [-0.15, -0.1) is 0 Å². The van der Waals surface area contributed by atoms with Crippen molar-refractivity contribution in [3.05, 3.63) is 40.8 Å². The normalized spacial score (nSPS) is 11.0. The van der Waals surface area contributed by atoms with Gasteiger partial charge in [-0.2, -0.15) is 0 Å². The first-order chi connectivity index (χ1) is 11.6. The minimum atomic E-state index is -0.790. The van der Waals surface area contributed by atoms with Gasteiger partial charge in [0.05, 0.1) is 19.1 Å². The van der Waals surface area contributed by atoms with E-state index in [1.807, 2.05) is 19.1 Å². The third-order valence-corrected chi connectivity index (χ3v) is 3.21. The Balaban J connectivity index is 2.51. The monoisotopic (exact) mass is 332 g/mol. The summed E-state index contributed by atoms with van der Waals surface area (Å²) in [4.78, 5) is 23.5. The number of esters is 1. The van der Waals surface area contributed by atoms with Crippen LogP contribution >= 0.6 is 0 Å². The highest BCUT2D eigenvalue weighted by molar-refractivity contribution is 5.90. The van der Waals surface area contributed by atoms with Crippen molar-refractivity contribution in [1.82, 2.24) is 0 Å². The van der Waals surface area contributed by atoms with E-state index in [2.05, 4.69) is 0 Å². The molecule has 0 atom stereocenters. The summed E-state index contributed by atoms with van der Waals surface area (Å²) in [6, 6.07) is 5.12. The Labute approximate surface area is 139 Å². The second-order valence-electron chi connectivity index (χ2n) is 5.00. The zero-order chi connectivity index (χ0) is 17.5. The van der Waals surface area contributed by atoms with Crippen LogP contribution in [0, 0.1) is 0 Å². The molecule has 1 heterocycles. The fourth-order valence-electron chi connectivity index (χ4n) is 2.20. The Morgan fingerprint density at radius 3 is 2.71 bits per heavy atom. The van der Waals surface area contributed by atoms with Gasteiger partial charge in [0.15, 0.2) is 17.1 Å². The number of allylic oxidation sites excluding steroid dienone is 1. The van der Waals surface area contributed by atoms with Crippen LogP contribution in [-0.2, 0) is 4.79 Å². The minimum Gasteiger partial charge on any atom is -0.493 e. The van der Waals surface area contributed by atoms with Crippen LogP contribution in [0.15, 0.2) is 39.6 Å². The molecule has 1 aromatic heterocycles. The Hall–Kier alpha value is -2.76. The molecule has 6 nitrogen and oxygen atoms in total. The van der Waals surface area contributed by atoms with Crippen LogP contribution in [0.2, 0.25) is 0 Å². The van der Waals surface area contributed by atoms with Crippen molar-refractivity contribution in [2.24, 2.45) is 0 Å². The molecule has 0 N–H and O–H groups in total. The van der Waals surface area contributed by atoms with Crippen LogP contribution in [0.1, 0.15) is 26.7 Å². The summed E-state index contributed by atoms with van der Waals surface area (Å²) in [5.41, 5.74) is -0.540. The fraction of sp³-hybridized carbons (Fsp3) is 0.333. The Kier molecular flexibility index (Phi) is 6.01. The quantitative estimate of drug-likeness (QED) is 0.334. The van der Waals surface area contributed by atoms with Crippen LogP contribution in [0.25, 0.3) is 11.0 Å². The van der Waals surface area contributed by atoms with E-state index in [1.165, 1.54) is 14.0 Å². The average Bonchev–Trinajstić information content (AvgIpc) is 2.56. The van der Waals surface area contributed by atoms with Gasteiger partial charge < -0.3 is 18.6 Å². The van der Waals surface area contributed by atoms with E-state index < -0.39 is 11.6 Å². The molecule has 0 aliphatic rings. The number of carbonyl (C=O) groups excluding carboxylic acids is 1. The van der Waals surface area contributed by atoms with Crippen molar-refractivity contribution >= 4 is 16.9 Å². The predicted octanol–water partition coefficient (Wildman–Crippen LogP) is 3.46. The molecule has 0 fully saturated rings. The number of hydrogen-bond donors (Lipinski definition) is 0. The first-order valence-electron chi connectivity index (χ1n) is 7.68. The van der Waals surface area contributed by atoms with Gasteiger partial charge in [-0.05, 0) is 25.0 Å². The summed E-state index contributed by atoms with van der Waals surface area (Å²) in [7, 11) is 1.48. The molecule has 0 unspecified atom stereocenters. The summed E-state index contributed by atoms with van der Waals surface area (Å²) in [5.74, 6) is -0.294. The lowest BCUT2D eigenvalue weighted by atomic mass is 10.2. The Bertz CT molecular complexity index is 803. The number of fused-ring (bicyclic) bond motifs is 1. The van der Waals surface area contributed by atoms with Gasteiger partial charge in [-0.25, -0.2) is 4.79 Å². The van der Waals surface area contributed by atoms with E-state index in [4.69, 9.17) is 18.6 Å². The van der Waals surface area contributed by atoms with E-state index in [0.717, 1.165) is 6.42 Å². The lowest BCUT2D eigenvalue weighted by molar-refractivity contribution is -0.132. The van der Waals surface area contributed by atoms with Crippen LogP contribution in [-0.4, -0.2) is 19.7 Å². The van der Waals surface area contributed by atoms with Gasteiger partial charge in [-0.1, -0.05) is 25.1 Å². The largest absolute Gasteiger partial charge is 0.493 e. The summed E-state index contributed by atoms with van der Waals surface area (Å²) in [5, 5.41) is 0.504. The number of para-hydroxylation sites is 1. The van der Waals surface area contributed by atoms with Crippen molar-refractivity contribution in [3.63, 3.8) is 0 Å². The average molecular weight is 332 g/mol. The molecular weight excluding hydrogens is 312 g/mol. The maximum Gasteiger partial charge on any atom is 0.383 e. The van der Waals surface area contributed by atoms with Crippen molar-refractivity contribution in [1.29, 1.82) is 0 Å². The lowest BCUT2D eigenvalue weighted by Gasteiger charge is -2.13. The molecule has 0 aliphatic carbocycles. The molecule has 0 amide bonds. The molecular formula is C18H20O6. The molecule has 0 bridgehead atoms. The van der Waals surface area contributed by atoms with Crippen molar-refractivity contribution in [3.8, 4) is 17.2 Å². The molecule has 0 saturated heterocycles. The molecule has 0 spiro atoms. The Morgan fingerprint density at radius 2 is 2.04 bits per heavy atom. The van der Waals surface area contributed by atoms with Crippen LogP contribution in [0.4, 0.5) is 0 Å². The van der Waals surface area contributed by atoms with Gasteiger partial charge in [0, 0.05) is 6.92 Å². The molecule has 0 saturated carbocycles. The number of rotatable bonds is 7. The highest BCUT2D eigenvalue weighted by Crippen LogP contribution is 2.36. The van der Waals surface area contributed by atoms with Gasteiger partial charge in [0.2, 0.25) is 0 Å². The highest BCUT2D eigenvalue weighted by Gasteiger charge is 2.21. The zero-order valence-corrected chi connectivity index (χ0v) is 14.0. The van der Waals surface area contributed by atoms with E-state index in [0.29, 0.717) is 24.2 Å². The van der Waals surface area contributed by atoms with Gasteiger partial charge in [0.25, 0.3) is 5.75 Å². The van der Waals surface area contributed by atoms with Gasteiger partial charge >= 0.3 is 11.6 Å². The molecule has 2 aromatic rings. The highest BCUT2D eigenvalue weighted by atomic mass is 16.6. The lowest BCUT2D eigenvalue weighted by Crippen LogP contribution is -2.14. The maximum absolute atomic E-state index is 12.2. The molecule has 0 aliphatic heterocycles. The minimum absolute atomic E-state index is 0.181. The second-order valence-corrected chi connectivity index (χ2v) is 5.00. The van der Waals surface area contributed by atoms with E-state index in [-0.39, 0.29) is 17.1 Å². The van der Waals surface area contributed by atoms with Gasteiger partial charge in [0.1, 0.15) is 0 Å². The van der Waals surface area contributed by atoms with Crippen LogP contribution in [0.3, 0.4) is 0 Å². The smallest absolute Gasteiger partial charge is 0.383 e. The standard InChI is InChI=1S/C18H20O6/c1-4-5-6-7-11-22-16-13-9-8-10-14(21-3)15(13)24-18(20)17(16)23-12(2)19/h5-6,8-10H,4,7,11H2,1-3H3. The topological polar surface area (TPSA) is 75.0 Å². The number of hydrogen-bond acceptors (Lipinski definition) is 6. The van der Waals surface area contributed by atoms with Crippen LogP contribution < -0.4 is 19.8 Å². The third kappa shape index (κ3) is 3.95. The molecule has 2 rings (SSSR count). The van der Waals surface area contributed by atoms with Crippen molar-refractivity contribution < 1.29 is 23.4 Å². The van der Waals surface area contributed by atoms with Crippen molar-refractivity contribution in [2.75, 3.05) is 13.7 Å². The molecule has 24 heavy (non-hydrogen) atoms. The molecule has 0 radical (unpaired) electrons. The SMILES string of the molecule is CCC=CCCOc1c(OC(C)=O)c(=O)oc2c(OC)cccc12. The Morgan fingerprint density at radius 1 is 1.25 bits per heavy atom.